The van der Waals surface area contributed by atoms with Gasteiger partial charge in [0.2, 0.25) is 25.8 Å². The van der Waals surface area contributed by atoms with Gasteiger partial charge in [-0.15, -0.1) is 0 Å². The Hall–Kier alpha value is -3.68. The summed E-state index contributed by atoms with van der Waals surface area (Å²) in [5.74, 6) is -3.74. The van der Waals surface area contributed by atoms with Gasteiger partial charge in [0.15, 0.2) is 5.82 Å². The van der Waals surface area contributed by atoms with Crippen molar-refractivity contribution in [3.8, 4) is 11.1 Å². The lowest BCUT2D eigenvalue weighted by atomic mass is 10.00. The van der Waals surface area contributed by atoms with Crippen LogP contribution in [-0.4, -0.2) is 44.4 Å². The molecule has 2 heterocycles. The average molecular weight is 575 g/mol. The van der Waals surface area contributed by atoms with Gasteiger partial charge in [0.1, 0.15) is 11.5 Å². The standard InChI is InChI=1S/C26H24F2N4O5S2/c1-2-11-38(34,35)32-22-10-9-21(27)23(24(22)28)25(33)20-14-30-26-19(20)12-16(13-29-26)15-3-7-18(8-4-15)39(36,37)31-17-5-6-17/h3-4,7-10,12-14,17,31-32H,2,5-6,11H2,1H3,(H,29,30). The number of anilines is 1. The number of ketones is 1. The van der Waals surface area contributed by atoms with Crippen LogP contribution in [0, 0.1) is 11.6 Å². The van der Waals surface area contributed by atoms with Gasteiger partial charge >= 0.3 is 0 Å². The predicted octanol–water partition coefficient (Wildman–Crippen LogP) is 4.33. The Morgan fingerprint density at radius 2 is 1.77 bits per heavy atom. The molecule has 39 heavy (non-hydrogen) atoms. The normalized spacial score (nSPS) is 14.0. The number of nitrogens with zero attached hydrogens (tertiary/aromatic N) is 1. The van der Waals surface area contributed by atoms with E-state index in [0.717, 1.165) is 25.0 Å². The SMILES string of the molecule is CCCS(=O)(=O)Nc1ccc(F)c(C(=O)c2c[nH]c3ncc(-c4ccc(S(=O)(=O)NC5CC5)cc4)cc23)c1F. The molecule has 2 aromatic carbocycles. The molecule has 1 saturated carbocycles. The van der Waals surface area contributed by atoms with Crippen LogP contribution in [0.2, 0.25) is 0 Å². The van der Waals surface area contributed by atoms with Crippen LogP contribution in [-0.2, 0) is 20.0 Å². The van der Waals surface area contributed by atoms with E-state index in [9.17, 15) is 26.0 Å². The molecule has 0 spiro atoms. The zero-order chi connectivity index (χ0) is 27.9. The molecule has 204 valence electrons. The first-order valence-electron chi connectivity index (χ1n) is 12.1. The highest BCUT2D eigenvalue weighted by atomic mass is 32.2. The van der Waals surface area contributed by atoms with E-state index in [1.54, 1.807) is 25.1 Å². The van der Waals surface area contributed by atoms with Crippen molar-refractivity contribution < 1.29 is 30.4 Å². The topological polar surface area (TPSA) is 138 Å². The fourth-order valence-electron chi connectivity index (χ4n) is 4.13. The van der Waals surface area contributed by atoms with Gasteiger partial charge in [-0.1, -0.05) is 19.1 Å². The molecule has 0 amide bonds. The maximum Gasteiger partial charge on any atom is 0.240 e. The summed E-state index contributed by atoms with van der Waals surface area (Å²) in [4.78, 5) is 20.5. The Morgan fingerprint density at radius 1 is 1.05 bits per heavy atom. The molecular formula is C26H24F2N4O5S2. The zero-order valence-electron chi connectivity index (χ0n) is 20.7. The van der Waals surface area contributed by atoms with Gasteiger partial charge in [-0.3, -0.25) is 9.52 Å². The van der Waals surface area contributed by atoms with E-state index >= 15 is 4.39 Å². The molecule has 9 nitrogen and oxygen atoms in total. The molecule has 3 N–H and O–H groups in total. The minimum atomic E-state index is -3.88. The summed E-state index contributed by atoms with van der Waals surface area (Å²) in [5.41, 5.74) is -0.0702. The quantitative estimate of drug-likeness (QED) is 0.241. The van der Waals surface area contributed by atoms with Crippen LogP contribution in [0.4, 0.5) is 14.5 Å². The van der Waals surface area contributed by atoms with Crippen LogP contribution in [0.3, 0.4) is 0 Å². The maximum atomic E-state index is 15.2. The second-order valence-electron chi connectivity index (χ2n) is 9.28. The van der Waals surface area contributed by atoms with Gasteiger partial charge in [-0.25, -0.2) is 35.3 Å². The van der Waals surface area contributed by atoms with E-state index in [-0.39, 0.29) is 39.7 Å². The molecule has 0 atom stereocenters. The highest BCUT2D eigenvalue weighted by Crippen LogP contribution is 2.30. The third-order valence-electron chi connectivity index (χ3n) is 6.23. The third-order valence-corrected chi connectivity index (χ3v) is 9.24. The summed E-state index contributed by atoms with van der Waals surface area (Å²) in [6.45, 7) is 1.64. The number of hydrogen-bond donors (Lipinski definition) is 3. The number of aromatic nitrogens is 2. The summed E-state index contributed by atoms with van der Waals surface area (Å²) in [6.07, 6.45) is 4.70. The van der Waals surface area contributed by atoms with Crippen molar-refractivity contribution in [1.29, 1.82) is 0 Å². The minimum absolute atomic E-state index is 0.0299. The number of H-pyrrole nitrogens is 1. The molecule has 0 bridgehead atoms. The molecule has 4 aromatic rings. The fraction of sp³-hybridized carbons (Fsp3) is 0.231. The summed E-state index contributed by atoms with van der Waals surface area (Å²) < 4.78 is 83.7. The number of benzene rings is 2. The van der Waals surface area contributed by atoms with Gasteiger partial charge in [0.25, 0.3) is 0 Å². The lowest BCUT2D eigenvalue weighted by Gasteiger charge is -2.11. The summed E-state index contributed by atoms with van der Waals surface area (Å²) >= 11 is 0. The smallest absolute Gasteiger partial charge is 0.240 e. The molecule has 5 rings (SSSR count). The van der Waals surface area contributed by atoms with Crippen molar-refractivity contribution in [3.05, 3.63) is 77.6 Å². The lowest BCUT2D eigenvalue weighted by molar-refractivity contribution is 0.103. The van der Waals surface area contributed by atoms with Crippen molar-refractivity contribution >= 4 is 42.6 Å². The number of fused-ring (bicyclic) bond motifs is 1. The first-order chi connectivity index (χ1) is 18.5. The van der Waals surface area contributed by atoms with Crippen molar-refractivity contribution in [3.63, 3.8) is 0 Å². The number of halogens is 2. The molecule has 1 fully saturated rings. The summed E-state index contributed by atoms with van der Waals surface area (Å²) in [7, 11) is -7.51. The van der Waals surface area contributed by atoms with Crippen LogP contribution in [0.1, 0.15) is 42.1 Å². The van der Waals surface area contributed by atoms with E-state index in [2.05, 4.69) is 19.4 Å². The van der Waals surface area contributed by atoms with Crippen molar-refractivity contribution in [2.45, 2.75) is 37.1 Å². The van der Waals surface area contributed by atoms with Crippen LogP contribution in [0.15, 0.2) is 59.8 Å². The molecule has 0 unspecified atom stereocenters. The Balaban J connectivity index is 1.48. The van der Waals surface area contributed by atoms with E-state index in [1.165, 1.54) is 24.5 Å². The zero-order valence-corrected chi connectivity index (χ0v) is 22.3. The van der Waals surface area contributed by atoms with Gasteiger partial charge < -0.3 is 4.98 Å². The Kier molecular flexibility index (Phi) is 6.99. The van der Waals surface area contributed by atoms with Crippen LogP contribution in [0.5, 0.6) is 0 Å². The van der Waals surface area contributed by atoms with Crippen molar-refractivity contribution in [2.75, 3.05) is 10.5 Å². The first kappa shape index (κ1) is 26.9. The summed E-state index contributed by atoms with van der Waals surface area (Å²) in [6, 6.07) is 9.44. The first-order valence-corrected chi connectivity index (χ1v) is 15.3. The molecule has 0 radical (unpaired) electrons. The fourth-order valence-corrected chi connectivity index (χ4v) is 6.56. The number of pyridine rings is 1. The van der Waals surface area contributed by atoms with Gasteiger partial charge in [0, 0.05) is 34.9 Å². The van der Waals surface area contributed by atoms with E-state index in [0.29, 0.717) is 11.1 Å². The van der Waals surface area contributed by atoms with Crippen LogP contribution < -0.4 is 9.44 Å². The molecule has 2 aromatic heterocycles. The lowest BCUT2D eigenvalue weighted by Crippen LogP contribution is -2.25. The number of rotatable bonds is 10. The second kappa shape index (κ2) is 10.1. The number of aromatic amines is 1. The van der Waals surface area contributed by atoms with Crippen molar-refractivity contribution in [1.82, 2.24) is 14.7 Å². The Labute approximate surface area is 223 Å². The van der Waals surface area contributed by atoms with Gasteiger partial charge in [0.05, 0.1) is 21.9 Å². The minimum Gasteiger partial charge on any atom is -0.345 e. The highest BCUT2D eigenvalue weighted by Gasteiger charge is 2.28. The van der Waals surface area contributed by atoms with E-state index in [1.807, 2.05) is 0 Å². The van der Waals surface area contributed by atoms with E-state index in [4.69, 9.17) is 0 Å². The number of nitrogens with one attached hydrogen (secondary N) is 3. The van der Waals surface area contributed by atoms with Gasteiger partial charge in [-0.2, -0.15) is 0 Å². The molecule has 1 aliphatic carbocycles. The number of sulfonamides is 2. The molecule has 0 aliphatic heterocycles. The van der Waals surface area contributed by atoms with E-state index < -0.39 is 48.7 Å². The van der Waals surface area contributed by atoms with Gasteiger partial charge in [-0.05, 0) is 55.2 Å². The predicted molar refractivity (Wildman–Crippen MR) is 142 cm³/mol. The van der Waals surface area contributed by atoms with Crippen LogP contribution >= 0.6 is 0 Å². The van der Waals surface area contributed by atoms with Crippen molar-refractivity contribution in [2.24, 2.45) is 0 Å². The molecule has 0 saturated heterocycles. The largest absolute Gasteiger partial charge is 0.345 e. The Morgan fingerprint density at radius 3 is 2.44 bits per heavy atom. The highest BCUT2D eigenvalue weighted by molar-refractivity contribution is 7.92. The maximum absolute atomic E-state index is 15.2. The number of carbonyl (C=O) groups excluding carboxylic acids is 1. The third kappa shape index (κ3) is 5.56. The molecular weight excluding hydrogens is 550 g/mol. The number of hydrogen-bond acceptors (Lipinski definition) is 6. The average Bonchev–Trinajstić information content (AvgIpc) is 3.59. The molecule has 13 heteroatoms. The van der Waals surface area contributed by atoms with Crippen LogP contribution in [0.25, 0.3) is 22.2 Å². The summed E-state index contributed by atoms with van der Waals surface area (Å²) in [5, 5.41) is 0.278. The second-order valence-corrected chi connectivity index (χ2v) is 12.8. The molecule has 1 aliphatic rings. The Bertz CT molecular complexity index is 1800. The monoisotopic (exact) mass is 574 g/mol. The number of carbonyl (C=O) groups is 1.